The quantitative estimate of drug-likeness (QED) is 0.0947. The predicted molar refractivity (Wildman–Crippen MR) is 211 cm³/mol. The van der Waals surface area contributed by atoms with Crippen molar-refractivity contribution in [3.05, 3.63) is 180 Å². The van der Waals surface area contributed by atoms with E-state index in [0.29, 0.717) is 5.56 Å². The number of carbonyl (C=O) groups is 4. The van der Waals surface area contributed by atoms with Crippen molar-refractivity contribution in [2.75, 3.05) is 6.61 Å². The highest BCUT2D eigenvalue weighted by atomic mass is 32.2. The van der Waals surface area contributed by atoms with Crippen molar-refractivity contribution < 1.29 is 38.1 Å². The Kier molecular flexibility index (Phi) is 11.5. The summed E-state index contributed by atoms with van der Waals surface area (Å²) in [7, 11) is 0. The summed E-state index contributed by atoms with van der Waals surface area (Å²) in [6.45, 7) is 1.01. The van der Waals surface area contributed by atoms with Crippen LogP contribution in [0.5, 0.6) is 0 Å². The van der Waals surface area contributed by atoms with Gasteiger partial charge in [0.1, 0.15) is 6.61 Å². The maximum Gasteiger partial charge on any atom is 0.338 e. The second-order valence-electron chi connectivity index (χ2n) is 12.8. The van der Waals surface area contributed by atoms with E-state index in [-0.39, 0.29) is 17.7 Å². The molecule has 0 N–H and O–H groups in total. The summed E-state index contributed by atoms with van der Waals surface area (Å²) >= 11 is 1.09. The molecule has 8 nitrogen and oxygen atoms in total. The minimum Gasteiger partial charge on any atom is -0.461 e. The van der Waals surface area contributed by atoms with Gasteiger partial charge in [-0.25, -0.2) is 14.4 Å². The van der Waals surface area contributed by atoms with Crippen molar-refractivity contribution in [2.45, 2.75) is 29.8 Å². The minimum atomic E-state index is -1.23. The average Bonchev–Trinajstić information content (AvgIpc) is 3.54. The first-order valence-corrected chi connectivity index (χ1v) is 18.6. The molecule has 0 bridgehead atoms. The fourth-order valence-corrected chi connectivity index (χ4v) is 7.68. The first-order valence-electron chi connectivity index (χ1n) is 17.7. The van der Waals surface area contributed by atoms with Gasteiger partial charge in [-0.2, -0.15) is 0 Å². The monoisotopic (exact) mass is 748 g/mol. The van der Waals surface area contributed by atoms with Gasteiger partial charge in [-0.3, -0.25) is 4.79 Å². The number of ether oxygens (including phenoxy) is 4. The molecule has 6 aromatic carbocycles. The highest BCUT2D eigenvalue weighted by Gasteiger charge is 2.51. The molecule has 1 heterocycles. The van der Waals surface area contributed by atoms with Crippen molar-refractivity contribution in [2.24, 2.45) is 0 Å². The summed E-state index contributed by atoms with van der Waals surface area (Å²) in [5.41, 5.74) is 5.52. The van der Waals surface area contributed by atoms with E-state index in [1.165, 1.54) is 6.92 Å². The summed E-state index contributed by atoms with van der Waals surface area (Å²) in [6.07, 6.45) is -2.38. The Hall–Kier alpha value is -6.45. The highest BCUT2D eigenvalue weighted by Crippen LogP contribution is 2.40. The van der Waals surface area contributed by atoms with Crippen molar-refractivity contribution >= 4 is 35.6 Å². The molecule has 1 aliphatic rings. The maximum absolute atomic E-state index is 13.7. The number of hydrogen-bond donors (Lipinski definition) is 0. The van der Waals surface area contributed by atoms with Gasteiger partial charge in [0, 0.05) is 6.92 Å². The lowest BCUT2D eigenvalue weighted by molar-refractivity contribution is -0.148. The molecule has 1 saturated heterocycles. The molecule has 7 rings (SSSR count). The zero-order valence-electron chi connectivity index (χ0n) is 29.8. The molecule has 6 aromatic rings. The van der Waals surface area contributed by atoms with E-state index in [2.05, 4.69) is 0 Å². The fourth-order valence-electron chi connectivity index (χ4n) is 6.26. The van der Waals surface area contributed by atoms with Crippen LogP contribution in [0.2, 0.25) is 0 Å². The molecule has 1 aliphatic heterocycles. The van der Waals surface area contributed by atoms with Crippen molar-refractivity contribution in [3.8, 4) is 33.4 Å². The van der Waals surface area contributed by atoms with Crippen LogP contribution in [0, 0.1) is 0 Å². The van der Waals surface area contributed by atoms with Crippen LogP contribution in [0.25, 0.3) is 33.4 Å². The Morgan fingerprint density at radius 2 is 0.782 bits per heavy atom. The number of thioether (sulfide) groups is 1. The molecule has 0 radical (unpaired) electrons. The smallest absolute Gasteiger partial charge is 0.338 e. The van der Waals surface area contributed by atoms with Gasteiger partial charge in [0.25, 0.3) is 0 Å². The second-order valence-corrected chi connectivity index (χ2v) is 14.2. The van der Waals surface area contributed by atoms with Gasteiger partial charge in [0.05, 0.1) is 21.9 Å². The Balaban J connectivity index is 1.12. The van der Waals surface area contributed by atoms with Crippen LogP contribution in [0.4, 0.5) is 0 Å². The highest BCUT2D eigenvalue weighted by molar-refractivity contribution is 8.00. The number of rotatable bonds is 11. The van der Waals surface area contributed by atoms with Gasteiger partial charge >= 0.3 is 23.9 Å². The van der Waals surface area contributed by atoms with E-state index in [4.69, 9.17) is 18.9 Å². The van der Waals surface area contributed by atoms with Crippen LogP contribution in [0.1, 0.15) is 38.0 Å². The summed E-state index contributed by atoms with van der Waals surface area (Å²) in [5, 5.41) is -0.761. The lowest BCUT2D eigenvalue weighted by atomic mass is 10.0. The Bertz CT molecular complexity index is 2240. The van der Waals surface area contributed by atoms with Crippen molar-refractivity contribution in [1.29, 1.82) is 0 Å². The van der Waals surface area contributed by atoms with E-state index < -0.39 is 46.8 Å². The van der Waals surface area contributed by atoms with Gasteiger partial charge in [0.2, 0.25) is 0 Å². The molecule has 0 aromatic heterocycles. The SMILES string of the molecule is CC(=O)OC1S[C@@H](COC(=O)c2ccc(-c3ccccc3)cc2)[C@@H](OC(=O)c2ccc(-c3ccccc3)cc2)[C@@H]1OC(=O)c1ccc(-c2ccccc2)cc1. The van der Waals surface area contributed by atoms with Crippen LogP contribution >= 0.6 is 11.8 Å². The van der Waals surface area contributed by atoms with Crippen LogP contribution in [0.15, 0.2) is 164 Å². The summed E-state index contributed by atoms with van der Waals surface area (Å²) in [4.78, 5) is 52.9. The molecule has 4 atom stereocenters. The summed E-state index contributed by atoms with van der Waals surface area (Å²) < 4.78 is 23.4. The van der Waals surface area contributed by atoms with E-state index in [0.717, 1.165) is 45.1 Å². The molecule has 0 aliphatic carbocycles. The zero-order valence-corrected chi connectivity index (χ0v) is 30.6. The van der Waals surface area contributed by atoms with Gasteiger partial charge in [-0.05, 0) is 69.8 Å². The van der Waals surface area contributed by atoms with Gasteiger partial charge in [-0.15, -0.1) is 11.8 Å². The second kappa shape index (κ2) is 17.1. The summed E-state index contributed by atoms with van der Waals surface area (Å²) in [6, 6.07) is 50.1. The third-order valence-electron chi connectivity index (χ3n) is 9.10. The van der Waals surface area contributed by atoms with E-state index in [1.807, 2.05) is 127 Å². The average molecular weight is 749 g/mol. The molecule has 0 spiro atoms. The number of carbonyl (C=O) groups excluding carboxylic acids is 4. The normalized spacial score (nSPS) is 17.5. The lowest BCUT2D eigenvalue weighted by Crippen LogP contribution is -2.42. The molecule has 0 amide bonds. The predicted octanol–water partition coefficient (Wildman–Crippen LogP) is 9.30. The topological polar surface area (TPSA) is 105 Å². The van der Waals surface area contributed by atoms with Gasteiger partial charge in [-0.1, -0.05) is 127 Å². The van der Waals surface area contributed by atoms with Gasteiger partial charge < -0.3 is 18.9 Å². The molecular weight excluding hydrogens is 713 g/mol. The van der Waals surface area contributed by atoms with E-state index in [1.54, 1.807) is 36.4 Å². The van der Waals surface area contributed by atoms with Crippen molar-refractivity contribution in [3.63, 3.8) is 0 Å². The maximum atomic E-state index is 13.7. The standard InChI is InChI=1S/C46H36O8S/c1-30(47)52-46-42(54-45(50)39-27-21-36(22-28-39)33-15-9-4-10-16-33)41(53-44(49)38-25-19-35(20-26-38)32-13-7-3-8-14-32)40(55-46)29-51-43(48)37-23-17-34(18-24-37)31-11-5-2-6-12-31/h2-28,40-42,46H,29H2,1H3/t40-,41+,42-,46?/m0/s1. The molecule has 1 fully saturated rings. The van der Waals surface area contributed by atoms with Crippen molar-refractivity contribution in [1.82, 2.24) is 0 Å². The molecule has 9 heteroatoms. The third kappa shape index (κ3) is 9.03. The Morgan fingerprint density at radius 3 is 1.16 bits per heavy atom. The van der Waals surface area contributed by atoms with E-state index >= 15 is 0 Å². The molecule has 0 saturated carbocycles. The Morgan fingerprint density at radius 1 is 0.436 bits per heavy atom. The fraction of sp³-hybridized carbons (Fsp3) is 0.130. The minimum absolute atomic E-state index is 0.230. The van der Waals surface area contributed by atoms with Gasteiger partial charge in [0.15, 0.2) is 17.6 Å². The summed E-state index contributed by atoms with van der Waals surface area (Å²) in [5.74, 6) is -2.60. The first-order chi connectivity index (χ1) is 26.8. The molecular formula is C46H36O8S. The molecule has 55 heavy (non-hydrogen) atoms. The van der Waals surface area contributed by atoms with Crippen LogP contribution in [-0.2, 0) is 23.7 Å². The molecule has 1 unspecified atom stereocenters. The number of hydrogen-bond acceptors (Lipinski definition) is 9. The number of benzene rings is 6. The third-order valence-corrected chi connectivity index (χ3v) is 10.5. The van der Waals surface area contributed by atoms with Crippen LogP contribution in [-0.4, -0.2) is 53.4 Å². The van der Waals surface area contributed by atoms with Crippen LogP contribution in [0.3, 0.4) is 0 Å². The Labute approximate surface area is 323 Å². The van der Waals surface area contributed by atoms with E-state index in [9.17, 15) is 19.2 Å². The first kappa shape index (κ1) is 36.9. The largest absolute Gasteiger partial charge is 0.461 e. The molecule has 274 valence electrons. The number of esters is 4. The zero-order chi connectivity index (χ0) is 38.1. The van der Waals surface area contributed by atoms with Crippen LogP contribution < -0.4 is 0 Å². The lowest BCUT2D eigenvalue weighted by Gasteiger charge is -2.25.